The van der Waals surface area contributed by atoms with Crippen LogP contribution in [0.4, 0.5) is 5.82 Å². The summed E-state index contributed by atoms with van der Waals surface area (Å²) < 4.78 is 0. The second-order valence-corrected chi connectivity index (χ2v) is 7.67. The van der Waals surface area contributed by atoms with Crippen molar-refractivity contribution in [2.45, 2.75) is 32.7 Å². The van der Waals surface area contributed by atoms with Crippen LogP contribution in [0, 0.1) is 11.8 Å². The van der Waals surface area contributed by atoms with Gasteiger partial charge < -0.3 is 15.1 Å². The van der Waals surface area contributed by atoms with Crippen molar-refractivity contribution in [1.82, 2.24) is 20.4 Å². The molecule has 2 unspecified atom stereocenters. The largest absolute Gasteiger partial charge is 0.358 e. The van der Waals surface area contributed by atoms with Crippen LogP contribution in [0.5, 0.6) is 0 Å². The molecule has 1 amide bonds. The van der Waals surface area contributed by atoms with E-state index >= 15 is 0 Å². The molecule has 1 saturated carbocycles. The Bertz CT molecular complexity index is 571. The van der Waals surface area contributed by atoms with E-state index in [1.54, 1.807) is 6.07 Å². The second-order valence-electron chi connectivity index (χ2n) is 7.67. The molecule has 2 aliphatic rings. The summed E-state index contributed by atoms with van der Waals surface area (Å²) in [7, 11) is 2.04. The predicted octanol–water partition coefficient (Wildman–Crippen LogP) is 1.39. The van der Waals surface area contributed by atoms with Gasteiger partial charge in [0.2, 0.25) is 0 Å². The van der Waals surface area contributed by atoms with Crippen LogP contribution < -0.4 is 10.2 Å². The molecule has 126 valence electrons. The third-order valence-corrected chi connectivity index (χ3v) is 4.90. The number of amides is 1. The number of carbonyl (C=O) groups excluding carboxylic acids is 1. The Kier molecular flexibility index (Phi) is 4.27. The lowest BCUT2D eigenvalue weighted by molar-refractivity contribution is 0.0645. The standard InChI is InChI=1S/C17H27N5O/c1-12-9-13(12)10-21(4)15-6-5-14(19-20-15)16(23)22-8-7-18-17(2,3)11-22/h5-6,12-13,18H,7-11H2,1-4H3. The van der Waals surface area contributed by atoms with Gasteiger partial charge in [-0.25, -0.2) is 0 Å². The number of rotatable bonds is 4. The summed E-state index contributed by atoms with van der Waals surface area (Å²) in [6.07, 6.45) is 1.30. The molecule has 0 aromatic carbocycles. The number of anilines is 1. The summed E-state index contributed by atoms with van der Waals surface area (Å²) >= 11 is 0. The van der Waals surface area contributed by atoms with Gasteiger partial charge in [-0.15, -0.1) is 10.2 Å². The molecule has 23 heavy (non-hydrogen) atoms. The van der Waals surface area contributed by atoms with E-state index in [1.807, 2.05) is 18.0 Å². The van der Waals surface area contributed by atoms with Gasteiger partial charge in [0.05, 0.1) is 0 Å². The highest BCUT2D eigenvalue weighted by Crippen LogP contribution is 2.38. The molecule has 1 saturated heterocycles. The number of aromatic nitrogens is 2. The Hall–Kier alpha value is -1.69. The first-order valence-corrected chi connectivity index (χ1v) is 8.45. The molecule has 0 bridgehead atoms. The molecule has 1 N–H and O–H groups in total. The zero-order valence-corrected chi connectivity index (χ0v) is 14.5. The summed E-state index contributed by atoms with van der Waals surface area (Å²) in [6, 6.07) is 3.70. The van der Waals surface area contributed by atoms with Crippen molar-refractivity contribution in [1.29, 1.82) is 0 Å². The van der Waals surface area contributed by atoms with E-state index in [0.29, 0.717) is 18.8 Å². The van der Waals surface area contributed by atoms with Crippen LogP contribution in [0.3, 0.4) is 0 Å². The van der Waals surface area contributed by atoms with Crippen molar-refractivity contribution in [2.24, 2.45) is 11.8 Å². The summed E-state index contributed by atoms with van der Waals surface area (Å²) in [5.74, 6) is 2.40. The fourth-order valence-corrected chi connectivity index (χ4v) is 3.22. The van der Waals surface area contributed by atoms with Gasteiger partial charge in [-0.2, -0.15) is 0 Å². The zero-order valence-electron chi connectivity index (χ0n) is 14.5. The molecule has 1 aromatic rings. The first-order valence-electron chi connectivity index (χ1n) is 8.45. The summed E-state index contributed by atoms with van der Waals surface area (Å²) in [4.78, 5) is 16.6. The number of nitrogens with zero attached hydrogens (tertiary/aromatic N) is 4. The van der Waals surface area contributed by atoms with Gasteiger partial charge in [0.15, 0.2) is 11.5 Å². The molecule has 2 heterocycles. The van der Waals surface area contributed by atoms with Gasteiger partial charge in [0.25, 0.3) is 5.91 Å². The molecular formula is C17H27N5O. The highest BCUT2D eigenvalue weighted by Gasteiger charge is 2.33. The van der Waals surface area contributed by atoms with Crippen LogP contribution in [0.1, 0.15) is 37.7 Å². The maximum atomic E-state index is 12.6. The lowest BCUT2D eigenvalue weighted by atomic mass is 10.0. The van der Waals surface area contributed by atoms with Crippen molar-refractivity contribution in [2.75, 3.05) is 38.1 Å². The van der Waals surface area contributed by atoms with Crippen LogP contribution in [-0.2, 0) is 0 Å². The number of hydrogen-bond acceptors (Lipinski definition) is 5. The minimum Gasteiger partial charge on any atom is -0.358 e. The average Bonchev–Trinajstić information content (AvgIpc) is 3.20. The predicted molar refractivity (Wildman–Crippen MR) is 90.6 cm³/mol. The Morgan fingerprint density at radius 2 is 2.17 bits per heavy atom. The molecule has 6 heteroatoms. The molecular weight excluding hydrogens is 290 g/mol. The van der Waals surface area contributed by atoms with Gasteiger partial charge in [0.1, 0.15) is 0 Å². The topological polar surface area (TPSA) is 61.4 Å². The van der Waals surface area contributed by atoms with E-state index in [1.165, 1.54) is 6.42 Å². The van der Waals surface area contributed by atoms with Crippen LogP contribution in [0.2, 0.25) is 0 Å². The van der Waals surface area contributed by atoms with Crippen molar-refractivity contribution in [3.8, 4) is 0 Å². The van der Waals surface area contributed by atoms with E-state index in [4.69, 9.17) is 0 Å². The zero-order chi connectivity index (χ0) is 16.6. The molecule has 1 aromatic heterocycles. The van der Waals surface area contributed by atoms with E-state index < -0.39 is 0 Å². The van der Waals surface area contributed by atoms with Gasteiger partial charge in [-0.05, 0) is 44.2 Å². The minimum absolute atomic E-state index is 0.0305. The third-order valence-electron chi connectivity index (χ3n) is 4.90. The summed E-state index contributed by atoms with van der Waals surface area (Å²) in [5.41, 5.74) is 0.377. The van der Waals surface area contributed by atoms with E-state index in [9.17, 15) is 4.79 Å². The first-order chi connectivity index (χ1) is 10.9. The molecule has 0 radical (unpaired) electrons. The van der Waals surface area contributed by atoms with Crippen LogP contribution >= 0.6 is 0 Å². The number of carbonyl (C=O) groups is 1. The van der Waals surface area contributed by atoms with Gasteiger partial charge in [0, 0.05) is 38.8 Å². The summed E-state index contributed by atoms with van der Waals surface area (Å²) in [6.45, 7) is 9.71. The fraction of sp³-hybridized carbons (Fsp3) is 0.706. The van der Waals surface area contributed by atoms with Crippen molar-refractivity contribution < 1.29 is 4.79 Å². The number of nitrogens with one attached hydrogen (secondary N) is 1. The normalized spacial score (nSPS) is 26.0. The molecule has 3 rings (SSSR count). The minimum atomic E-state index is -0.0531. The van der Waals surface area contributed by atoms with Gasteiger partial charge >= 0.3 is 0 Å². The average molecular weight is 317 g/mol. The SMILES string of the molecule is CC1CC1CN(C)c1ccc(C(=O)N2CCNC(C)(C)C2)nn1. The van der Waals surface area contributed by atoms with Crippen LogP contribution in [-0.4, -0.2) is 59.8 Å². The third kappa shape index (κ3) is 3.80. The van der Waals surface area contributed by atoms with Crippen molar-refractivity contribution in [3.63, 3.8) is 0 Å². The highest BCUT2D eigenvalue weighted by molar-refractivity contribution is 5.92. The summed E-state index contributed by atoms with van der Waals surface area (Å²) in [5, 5.41) is 11.8. The molecule has 1 aliphatic heterocycles. The number of hydrogen-bond donors (Lipinski definition) is 1. The quantitative estimate of drug-likeness (QED) is 0.909. The molecule has 6 nitrogen and oxygen atoms in total. The Morgan fingerprint density at radius 1 is 1.43 bits per heavy atom. The molecule has 0 spiro atoms. The van der Waals surface area contributed by atoms with E-state index in [2.05, 4.69) is 41.2 Å². The monoisotopic (exact) mass is 317 g/mol. The lowest BCUT2D eigenvalue weighted by Gasteiger charge is -2.38. The van der Waals surface area contributed by atoms with Crippen molar-refractivity contribution >= 4 is 11.7 Å². The molecule has 1 aliphatic carbocycles. The first kappa shape index (κ1) is 16.2. The van der Waals surface area contributed by atoms with Crippen LogP contribution in [0.25, 0.3) is 0 Å². The highest BCUT2D eigenvalue weighted by atomic mass is 16.2. The van der Waals surface area contributed by atoms with Crippen LogP contribution in [0.15, 0.2) is 12.1 Å². The molecule has 2 fully saturated rings. The number of piperazine rings is 1. The maximum absolute atomic E-state index is 12.6. The van der Waals surface area contributed by atoms with Gasteiger partial charge in [-0.1, -0.05) is 6.92 Å². The fourth-order valence-electron chi connectivity index (χ4n) is 3.22. The van der Waals surface area contributed by atoms with Gasteiger partial charge in [-0.3, -0.25) is 4.79 Å². The van der Waals surface area contributed by atoms with E-state index in [0.717, 1.165) is 30.7 Å². The van der Waals surface area contributed by atoms with E-state index in [-0.39, 0.29) is 11.4 Å². The Labute approximate surface area is 138 Å². The smallest absolute Gasteiger partial charge is 0.274 e. The Balaban J connectivity index is 1.63. The van der Waals surface area contributed by atoms with Crippen molar-refractivity contribution in [3.05, 3.63) is 17.8 Å². The Morgan fingerprint density at radius 3 is 2.74 bits per heavy atom. The lowest BCUT2D eigenvalue weighted by Crippen LogP contribution is -2.58. The maximum Gasteiger partial charge on any atom is 0.274 e. The molecule has 2 atom stereocenters. The second kappa shape index (κ2) is 6.07.